The van der Waals surface area contributed by atoms with E-state index in [1.807, 2.05) is 0 Å². The van der Waals surface area contributed by atoms with E-state index >= 15 is 0 Å². The van der Waals surface area contributed by atoms with Gasteiger partial charge in [-0.25, -0.2) is 13.2 Å². The number of hydrogen-bond acceptors (Lipinski definition) is 2. The van der Waals surface area contributed by atoms with Gasteiger partial charge in [0.25, 0.3) is 5.92 Å². The number of rotatable bonds is 3. The van der Waals surface area contributed by atoms with Crippen LogP contribution in [0.1, 0.15) is 17.2 Å². The van der Waals surface area contributed by atoms with E-state index < -0.39 is 41.7 Å². The van der Waals surface area contributed by atoms with Crippen molar-refractivity contribution in [2.45, 2.75) is 18.1 Å². The number of alkyl halides is 5. The molecule has 0 saturated carbocycles. The summed E-state index contributed by atoms with van der Waals surface area (Å²) in [5, 5.41) is 8.37. The Labute approximate surface area is 98.0 Å². The second-order valence-corrected chi connectivity index (χ2v) is 3.63. The summed E-state index contributed by atoms with van der Waals surface area (Å²) in [6.07, 6.45) is -4.79. The maximum Gasteiger partial charge on any atom is 0.416 e. The van der Waals surface area contributed by atoms with Crippen molar-refractivity contribution in [1.82, 2.24) is 0 Å². The van der Waals surface area contributed by atoms with Crippen LogP contribution in [-0.4, -0.2) is 17.6 Å². The quantitative estimate of drug-likeness (QED) is 0.831. The number of benzene rings is 1. The molecule has 3 N–H and O–H groups in total. The summed E-state index contributed by atoms with van der Waals surface area (Å²) in [5.41, 5.74) is 2.69. The molecule has 1 atom stereocenters. The number of hydrogen-bond donors (Lipinski definition) is 2. The Morgan fingerprint density at radius 1 is 1.17 bits per heavy atom. The predicted molar refractivity (Wildman–Crippen MR) is 50.4 cm³/mol. The van der Waals surface area contributed by atoms with Gasteiger partial charge in [0.1, 0.15) is 12.4 Å². The van der Waals surface area contributed by atoms with Crippen molar-refractivity contribution in [3.63, 3.8) is 0 Å². The highest BCUT2D eigenvalue weighted by atomic mass is 19.4. The molecule has 8 heteroatoms. The highest BCUT2D eigenvalue weighted by Crippen LogP contribution is 2.35. The van der Waals surface area contributed by atoms with Crippen LogP contribution in [0.4, 0.5) is 26.3 Å². The monoisotopic (exact) mass is 273 g/mol. The van der Waals surface area contributed by atoms with Gasteiger partial charge in [-0.05, 0) is 18.2 Å². The number of aliphatic hydroxyl groups excluding tert-OH is 1. The maximum absolute atomic E-state index is 13.2. The van der Waals surface area contributed by atoms with Gasteiger partial charge in [-0.1, -0.05) is 0 Å². The molecular formula is C10H9F6NO. The summed E-state index contributed by atoms with van der Waals surface area (Å²) >= 11 is 0. The van der Waals surface area contributed by atoms with E-state index in [9.17, 15) is 26.3 Å². The molecule has 0 spiro atoms. The van der Waals surface area contributed by atoms with Crippen molar-refractivity contribution in [3.8, 4) is 0 Å². The Bertz CT molecular complexity index is 431. The van der Waals surface area contributed by atoms with Gasteiger partial charge in [-0.2, -0.15) is 13.2 Å². The fourth-order valence-electron chi connectivity index (χ4n) is 1.28. The van der Waals surface area contributed by atoms with Crippen LogP contribution in [0.15, 0.2) is 18.2 Å². The lowest BCUT2D eigenvalue weighted by atomic mass is 9.99. The Morgan fingerprint density at radius 3 is 2.17 bits per heavy atom. The lowest BCUT2D eigenvalue weighted by molar-refractivity contribution is -0.137. The van der Waals surface area contributed by atoms with Crippen molar-refractivity contribution in [3.05, 3.63) is 35.1 Å². The minimum atomic E-state index is -4.79. The van der Waals surface area contributed by atoms with E-state index in [2.05, 4.69) is 0 Å². The lowest BCUT2D eigenvalue weighted by Gasteiger charge is -2.22. The van der Waals surface area contributed by atoms with E-state index in [1.165, 1.54) is 0 Å². The minimum absolute atomic E-state index is 0.212. The third-order valence-corrected chi connectivity index (χ3v) is 2.32. The molecule has 0 aliphatic carbocycles. The van der Waals surface area contributed by atoms with Crippen LogP contribution in [0.5, 0.6) is 0 Å². The van der Waals surface area contributed by atoms with Gasteiger partial charge in [0.05, 0.1) is 11.6 Å². The zero-order valence-electron chi connectivity index (χ0n) is 8.81. The fourth-order valence-corrected chi connectivity index (χ4v) is 1.28. The summed E-state index contributed by atoms with van der Waals surface area (Å²) in [6.45, 7) is -1.69. The molecule has 18 heavy (non-hydrogen) atoms. The van der Waals surface area contributed by atoms with Crippen LogP contribution >= 0.6 is 0 Å². The summed E-state index contributed by atoms with van der Waals surface area (Å²) < 4.78 is 76.3. The van der Waals surface area contributed by atoms with Crippen LogP contribution in [0.2, 0.25) is 0 Å². The number of halogens is 6. The molecule has 0 aliphatic heterocycles. The van der Waals surface area contributed by atoms with E-state index in [0.717, 1.165) is 0 Å². The number of aliphatic hydroxyl groups is 1. The summed E-state index contributed by atoms with van der Waals surface area (Å²) in [5.74, 6) is -5.20. The second kappa shape index (κ2) is 4.77. The maximum atomic E-state index is 13.2. The molecular weight excluding hydrogens is 264 g/mol. The Kier molecular flexibility index (Phi) is 3.92. The zero-order chi connectivity index (χ0) is 14.1. The van der Waals surface area contributed by atoms with E-state index in [-0.39, 0.29) is 6.07 Å². The topological polar surface area (TPSA) is 46.2 Å². The fraction of sp³-hybridized carbons (Fsp3) is 0.400. The van der Waals surface area contributed by atoms with Crippen LogP contribution in [0.25, 0.3) is 0 Å². The third kappa shape index (κ3) is 2.94. The Hall–Kier alpha value is -1.28. The third-order valence-electron chi connectivity index (χ3n) is 2.32. The van der Waals surface area contributed by atoms with Gasteiger partial charge >= 0.3 is 6.18 Å². The molecule has 0 aliphatic rings. The van der Waals surface area contributed by atoms with Crippen molar-refractivity contribution in [1.29, 1.82) is 0 Å². The lowest BCUT2D eigenvalue weighted by Crippen LogP contribution is -2.37. The molecule has 0 radical (unpaired) electrons. The molecule has 0 saturated heterocycles. The van der Waals surface area contributed by atoms with Crippen LogP contribution in [0.3, 0.4) is 0 Å². The van der Waals surface area contributed by atoms with Crippen molar-refractivity contribution >= 4 is 0 Å². The van der Waals surface area contributed by atoms with Gasteiger partial charge in [-0.15, -0.1) is 0 Å². The van der Waals surface area contributed by atoms with Gasteiger partial charge in [-0.3, -0.25) is 0 Å². The molecule has 1 rings (SSSR count). The van der Waals surface area contributed by atoms with Gasteiger partial charge in [0.15, 0.2) is 0 Å². The van der Waals surface area contributed by atoms with Crippen molar-refractivity contribution in [2.24, 2.45) is 5.73 Å². The highest BCUT2D eigenvalue weighted by molar-refractivity contribution is 5.30. The Balaban J connectivity index is 3.24. The summed E-state index contributed by atoms with van der Waals surface area (Å²) in [4.78, 5) is 0. The number of nitrogens with two attached hydrogens (primary N) is 1. The molecule has 0 amide bonds. The van der Waals surface area contributed by atoms with Crippen molar-refractivity contribution < 1.29 is 31.4 Å². The molecule has 0 bridgehead atoms. The minimum Gasteiger partial charge on any atom is -0.390 e. The standard InChI is InChI=1S/C10H9F6NO/c11-7-2-1-5(10(14,15)16)3-6(7)8(17)9(12,13)4-18/h1-3,8,18H,4,17H2/t8-/m1/s1. The van der Waals surface area contributed by atoms with Crippen LogP contribution in [-0.2, 0) is 6.18 Å². The van der Waals surface area contributed by atoms with E-state index in [0.29, 0.717) is 12.1 Å². The molecule has 0 aromatic heterocycles. The van der Waals surface area contributed by atoms with Crippen LogP contribution < -0.4 is 5.73 Å². The highest BCUT2D eigenvalue weighted by Gasteiger charge is 2.40. The molecule has 0 fully saturated rings. The molecule has 1 aromatic carbocycles. The van der Waals surface area contributed by atoms with Crippen LogP contribution in [0, 0.1) is 5.82 Å². The molecule has 1 aromatic rings. The predicted octanol–water partition coefficient (Wildman–Crippen LogP) is 2.47. The van der Waals surface area contributed by atoms with Gasteiger partial charge < -0.3 is 10.8 Å². The zero-order valence-corrected chi connectivity index (χ0v) is 8.81. The first-order valence-electron chi connectivity index (χ1n) is 4.70. The summed E-state index contributed by atoms with van der Waals surface area (Å²) in [7, 11) is 0. The molecule has 0 unspecified atom stereocenters. The SMILES string of the molecule is N[C@H](c1cc(C(F)(F)F)ccc1F)C(F)(F)CO. The first-order valence-corrected chi connectivity index (χ1v) is 4.70. The normalized spacial score (nSPS) is 14.7. The average Bonchev–Trinajstić information content (AvgIpc) is 2.27. The molecule has 0 heterocycles. The first kappa shape index (κ1) is 14.8. The van der Waals surface area contributed by atoms with E-state index in [4.69, 9.17) is 10.8 Å². The largest absolute Gasteiger partial charge is 0.416 e. The summed E-state index contributed by atoms with van der Waals surface area (Å²) in [6, 6.07) is -1.32. The van der Waals surface area contributed by atoms with Gasteiger partial charge in [0.2, 0.25) is 0 Å². The average molecular weight is 273 g/mol. The van der Waals surface area contributed by atoms with E-state index in [1.54, 1.807) is 0 Å². The Morgan fingerprint density at radius 2 is 1.72 bits per heavy atom. The van der Waals surface area contributed by atoms with Crippen molar-refractivity contribution in [2.75, 3.05) is 6.61 Å². The molecule has 2 nitrogen and oxygen atoms in total. The van der Waals surface area contributed by atoms with Gasteiger partial charge in [0, 0.05) is 5.56 Å². The molecule has 102 valence electrons. The second-order valence-electron chi connectivity index (χ2n) is 3.63. The smallest absolute Gasteiger partial charge is 0.390 e. The first-order chi connectivity index (χ1) is 8.09.